The fourth-order valence-corrected chi connectivity index (χ4v) is 2.52. The molecule has 1 aromatic heterocycles. The predicted octanol–water partition coefficient (Wildman–Crippen LogP) is 2.03. The number of hydrogen-bond donors (Lipinski definition) is 1. The minimum atomic E-state index is 0.464. The van der Waals surface area contributed by atoms with Gasteiger partial charge in [-0.2, -0.15) is 0 Å². The molecule has 0 aliphatic carbocycles. The topological polar surface area (TPSA) is 50.5 Å². The number of aromatic nitrogens is 1. The fraction of sp³-hybridized carbons (Fsp3) is 0.800. The van der Waals surface area contributed by atoms with Gasteiger partial charge in [-0.15, -0.1) is 0 Å². The molecule has 0 spiro atoms. The molecule has 0 amide bonds. The molecule has 0 unspecified atom stereocenters. The van der Waals surface area contributed by atoms with E-state index in [-0.39, 0.29) is 0 Å². The molecular weight excluding hydrogens is 254 g/mol. The van der Waals surface area contributed by atoms with Crippen LogP contribution < -0.4 is 5.32 Å². The first-order valence-electron chi connectivity index (χ1n) is 7.57. The SMILES string of the molecule is CC(C)NCc1cc(CN(C)CC2CCOCC2)on1. The van der Waals surface area contributed by atoms with Gasteiger partial charge in [0.05, 0.1) is 12.2 Å². The Labute approximate surface area is 121 Å². The van der Waals surface area contributed by atoms with Crippen LogP contribution in [0.2, 0.25) is 0 Å². The summed E-state index contributed by atoms with van der Waals surface area (Å²) in [6, 6.07) is 2.52. The van der Waals surface area contributed by atoms with E-state index in [1.54, 1.807) is 0 Å². The summed E-state index contributed by atoms with van der Waals surface area (Å²) in [7, 11) is 2.14. The van der Waals surface area contributed by atoms with Gasteiger partial charge >= 0.3 is 0 Å². The molecule has 1 aliphatic heterocycles. The van der Waals surface area contributed by atoms with E-state index >= 15 is 0 Å². The number of rotatable bonds is 7. The van der Waals surface area contributed by atoms with Crippen molar-refractivity contribution in [2.45, 2.75) is 45.8 Å². The van der Waals surface area contributed by atoms with Gasteiger partial charge < -0.3 is 14.6 Å². The fourth-order valence-electron chi connectivity index (χ4n) is 2.52. The molecule has 1 fully saturated rings. The minimum Gasteiger partial charge on any atom is -0.381 e. The second-order valence-corrected chi connectivity index (χ2v) is 6.07. The normalized spacial score (nSPS) is 17.2. The first-order chi connectivity index (χ1) is 9.63. The number of hydrogen-bond acceptors (Lipinski definition) is 5. The van der Waals surface area contributed by atoms with Crippen molar-refractivity contribution in [1.29, 1.82) is 0 Å². The maximum atomic E-state index is 5.40. The zero-order valence-corrected chi connectivity index (χ0v) is 12.9. The molecule has 114 valence electrons. The van der Waals surface area contributed by atoms with Crippen LogP contribution in [0, 0.1) is 5.92 Å². The Kier molecular flexibility index (Phi) is 6.01. The molecule has 1 aromatic rings. The highest BCUT2D eigenvalue weighted by atomic mass is 16.5. The maximum Gasteiger partial charge on any atom is 0.151 e. The molecule has 1 N–H and O–H groups in total. The van der Waals surface area contributed by atoms with E-state index in [2.05, 4.69) is 42.3 Å². The average molecular weight is 281 g/mol. The lowest BCUT2D eigenvalue weighted by atomic mass is 10.00. The van der Waals surface area contributed by atoms with E-state index in [4.69, 9.17) is 9.26 Å². The van der Waals surface area contributed by atoms with Crippen molar-refractivity contribution in [2.75, 3.05) is 26.8 Å². The van der Waals surface area contributed by atoms with Gasteiger partial charge in [-0.05, 0) is 25.8 Å². The Morgan fingerprint density at radius 2 is 2.15 bits per heavy atom. The maximum absolute atomic E-state index is 5.40. The van der Waals surface area contributed by atoms with Crippen molar-refractivity contribution in [2.24, 2.45) is 5.92 Å². The van der Waals surface area contributed by atoms with Gasteiger partial charge in [0.1, 0.15) is 0 Å². The highest BCUT2D eigenvalue weighted by molar-refractivity contribution is 5.05. The molecule has 1 aliphatic rings. The Morgan fingerprint density at radius 3 is 2.85 bits per heavy atom. The van der Waals surface area contributed by atoms with Crippen LogP contribution in [-0.4, -0.2) is 42.9 Å². The summed E-state index contributed by atoms with van der Waals surface area (Å²) in [5, 5.41) is 7.45. The van der Waals surface area contributed by atoms with E-state index in [1.807, 2.05) is 0 Å². The predicted molar refractivity (Wildman–Crippen MR) is 78.4 cm³/mol. The molecule has 0 saturated carbocycles. The molecule has 2 heterocycles. The molecule has 0 radical (unpaired) electrons. The van der Waals surface area contributed by atoms with Gasteiger partial charge in [-0.1, -0.05) is 19.0 Å². The van der Waals surface area contributed by atoms with Crippen LogP contribution in [0.15, 0.2) is 10.6 Å². The van der Waals surface area contributed by atoms with Crippen LogP contribution in [0.25, 0.3) is 0 Å². The van der Waals surface area contributed by atoms with E-state index in [9.17, 15) is 0 Å². The summed E-state index contributed by atoms with van der Waals surface area (Å²) in [6.07, 6.45) is 2.34. The third-order valence-electron chi connectivity index (χ3n) is 3.64. The van der Waals surface area contributed by atoms with Crippen LogP contribution >= 0.6 is 0 Å². The van der Waals surface area contributed by atoms with Gasteiger partial charge in [-0.25, -0.2) is 0 Å². The Balaban J connectivity index is 1.74. The number of nitrogens with zero attached hydrogens (tertiary/aromatic N) is 2. The van der Waals surface area contributed by atoms with Crippen LogP contribution in [0.1, 0.15) is 38.1 Å². The first kappa shape index (κ1) is 15.5. The van der Waals surface area contributed by atoms with Crippen molar-refractivity contribution >= 4 is 0 Å². The summed E-state index contributed by atoms with van der Waals surface area (Å²) in [5.74, 6) is 1.69. The summed E-state index contributed by atoms with van der Waals surface area (Å²) in [4.78, 5) is 2.32. The van der Waals surface area contributed by atoms with Gasteiger partial charge in [0.15, 0.2) is 5.76 Å². The van der Waals surface area contributed by atoms with Crippen molar-refractivity contribution < 1.29 is 9.26 Å². The monoisotopic (exact) mass is 281 g/mol. The van der Waals surface area contributed by atoms with Crippen molar-refractivity contribution in [3.63, 3.8) is 0 Å². The first-order valence-corrected chi connectivity index (χ1v) is 7.57. The second-order valence-electron chi connectivity index (χ2n) is 6.07. The summed E-state index contributed by atoms with van der Waals surface area (Å²) >= 11 is 0. The Hall–Kier alpha value is -0.910. The van der Waals surface area contributed by atoms with Gasteiger partial charge in [0, 0.05) is 38.4 Å². The largest absolute Gasteiger partial charge is 0.381 e. The molecule has 20 heavy (non-hydrogen) atoms. The second kappa shape index (κ2) is 7.76. The lowest BCUT2D eigenvalue weighted by Gasteiger charge is -2.26. The minimum absolute atomic E-state index is 0.464. The number of nitrogens with one attached hydrogen (secondary N) is 1. The highest BCUT2D eigenvalue weighted by Gasteiger charge is 2.16. The van der Waals surface area contributed by atoms with Crippen molar-refractivity contribution in [3.05, 3.63) is 17.5 Å². The lowest BCUT2D eigenvalue weighted by molar-refractivity contribution is 0.0540. The van der Waals surface area contributed by atoms with Crippen LogP contribution in [0.5, 0.6) is 0 Å². The molecule has 1 saturated heterocycles. The van der Waals surface area contributed by atoms with Crippen LogP contribution in [-0.2, 0) is 17.8 Å². The average Bonchev–Trinajstić information content (AvgIpc) is 2.85. The smallest absolute Gasteiger partial charge is 0.151 e. The molecular formula is C15H27N3O2. The highest BCUT2D eigenvalue weighted by Crippen LogP contribution is 2.16. The Bertz CT molecular complexity index is 386. The number of ether oxygens (including phenoxy) is 1. The van der Waals surface area contributed by atoms with Gasteiger partial charge in [0.2, 0.25) is 0 Å². The van der Waals surface area contributed by atoms with E-state index < -0.39 is 0 Å². The zero-order valence-electron chi connectivity index (χ0n) is 12.9. The third-order valence-corrected chi connectivity index (χ3v) is 3.64. The summed E-state index contributed by atoms with van der Waals surface area (Å²) in [5.41, 5.74) is 0.980. The lowest BCUT2D eigenvalue weighted by Crippen LogP contribution is -2.29. The van der Waals surface area contributed by atoms with Crippen molar-refractivity contribution in [3.8, 4) is 0 Å². The van der Waals surface area contributed by atoms with Crippen molar-refractivity contribution in [1.82, 2.24) is 15.4 Å². The van der Waals surface area contributed by atoms with Crippen LogP contribution in [0.3, 0.4) is 0 Å². The quantitative estimate of drug-likeness (QED) is 0.829. The standard InChI is InChI=1S/C15H27N3O2/c1-12(2)16-9-14-8-15(20-17-14)11-18(3)10-13-4-6-19-7-5-13/h8,12-13,16H,4-7,9-11H2,1-3H3. The van der Waals surface area contributed by atoms with Gasteiger partial charge in [0.25, 0.3) is 0 Å². The molecule has 0 atom stereocenters. The molecule has 5 nitrogen and oxygen atoms in total. The Morgan fingerprint density at radius 1 is 1.40 bits per heavy atom. The molecule has 0 aromatic carbocycles. The molecule has 5 heteroatoms. The van der Waals surface area contributed by atoms with E-state index in [0.29, 0.717) is 6.04 Å². The molecule has 0 bridgehead atoms. The van der Waals surface area contributed by atoms with Gasteiger partial charge in [-0.3, -0.25) is 4.90 Å². The zero-order chi connectivity index (χ0) is 14.4. The third kappa shape index (κ3) is 5.23. The van der Waals surface area contributed by atoms with Crippen LogP contribution in [0.4, 0.5) is 0 Å². The summed E-state index contributed by atoms with van der Waals surface area (Å²) in [6.45, 7) is 8.77. The summed E-state index contributed by atoms with van der Waals surface area (Å²) < 4.78 is 10.8. The van der Waals surface area contributed by atoms with E-state index in [0.717, 1.165) is 50.2 Å². The molecule has 2 rings (SSSR count). The van der Waals surface area contributed by atoms with E-state index in [1.165, 1.54) is 12.8 Å².